The number of amides is 1. The number of hydrogen-bond donors (Lipinski definition) is 1. The van der Waals surface area contributed by atoms with Gasteiger partial charge in [-0.05, 0) is 31.4 Å². The summed E-state index contributed by atoms with van der Waals surface area (Å²) >= 11 is 0. The first-order valence-corrected chi connectivity index (χ1v) is 6.11. The lowest BCUT2D eigenvalue weighted by molar-refractivity contribution is -0.122. The van der Waals surface area contributed by atoms with Gasteiger partial charge in [-0.1, -0.05) is 0 Å². The fourth-order valence-corrected chi connectivity index (χ4v) is 2.37. The fourth-order valence-electron chi connectivity index (χ4n) is 2.37. The Balaban J connectivity index is 2.34. The molecule has 0 radical (unpaired) electrons. The highest BCUT2D eigenvalue weighted by Gasteiger charge is 2.29. The molecule has 0 spiro atoms. The highest BCUT2D eigenvalue weighted by molar-refractivity contribution is 5.85. The van der Waals surface area contributed by atoms with Crippen LogP contribution in [0.5, 0.6) is 0 Å². The van der Waals surface area contributed by atoms with E-state index in [-0.39, 0.29) is 11.9 Å². The number of nitriles is 1. The van der Waals surface area contributed by atoms with Gasteiger partial charge in [0.15, 0.2) is 5.69 Å². The molecule has 0 bridgehead atoms. The molecule has 5 nitrogen and oxygen atoms in total. The van der Waals surface area contributed by atoms with Crippen molar-refractivity contribution in [1.29, 1.82) is 5.26 Å². The van der Waals surface area contributed by atoms with E-state index in [9.17, 15) is 4.79 Å². The van der Waals surface area contributed by atoms with Crippen LogP contribution < -0.4 is 10.2 Å². The number of anilines is 1. The number of nitrogens with one attached hydrogen (secondary N) is 1. The van der Waals surface area contributed by atoms with Gasteiger partial charge >= 0.3 is 0 Å². The molecule has 1 aliphatic heterocycles. The minimum atomic E-state index is -0.194. The molecule has 0 saturated carbocycles. The predicted octanol–water partition coefficient (Wildman–Crippen LogP) is 1.06. The maximum atomic E-state index is 11.9. The molecule has 2 rings (SSSR count). The highest BCUT2D eigenvalue weighted by Crippen LogP contribution is 2.26. The normalized spacial score (nSPS) is 19.1. The van der Waals surface area contributed by atoms with E-state index >= 15 is 0 Å². The van der Waals surface area contributed by atoms with Gasteiger partial charge < -0.3 is 10.2 Å². The van der Waals surface area contributed by atoms with Crippen molar-refractivity contribution in [2.75, 3.05) is 18.5 Å². The number of rotatable bonds is 2. The summed E-state index contributed by atoms with van der Waals surface area (Å²) in [6, 6.07) is 5.54. The molecule has 1 aromatic rings. The zero-order chi connectivity index (χ0) is 13.0. The van der Waals surface area contributed by atoms with E-state index in [4.69, 9.17) is 5.26 Å². The first-order valence-electron chi connectivity index (χ1n) is 6.11. The lowest BCUT2D eigenvalue weighted by atomic mass is 10.00. The summed E-state index contributed by atoms with van der Waals surface area (Å²) in [7, 11) is 1.64. The van der Waals surface area contributed by atoms with Crippen molar-refractivity contribution in [2.45, 2.75) is 25.3 Å². The lowest BCUT2D eigenvalue weighted by Crippen LogP contribution is -2.49. The summed E-state index contributed by atoms with van der Waals surface area (Å²) in [4.78, 5) is 17.9. The van der Waals surface area contributed by atoms with Crippen LogP contribution in [-0.2, 0) is 4.79 Å². The molecule has 1 N–H and O–H groups in total. The van der Waals surface area contributed by atoms with E-state index in [0.29, 0.717) is 5.69 Å². The zero-order valence-electron chi connectivity index (χ0n) is 10.4. The molecule has 0 aromatic carbocycles. The Kier molecular flexibility index (Phi) is 3.78. The summed E-state index contributed by atoms with van der Waals surface area (Å²) in [6.07, 6.45) is 4.49. The molecule has 1 atom stereocenters. The second-order valence-electron chi connectivity index (χ2n) is 4.30. The molecular formula is C13H16N4O. The van der Waals surface area contributed by atoms with Crippen molar-refractivity contribution in [1.82, 2.24) is 10.3 Å². The van der Waals surface area contributed by atoms with Gasteiger partial charge in [-0.2, -0.15) is 5.26 Å². The number of likely N-dealkylation sites (N-methyl/N-ethyl adjacent to an activating group) is 1. The van der Waals surface area contributed by atoms with E-state index in [0.717, 1.165) is 31.5 Å². The quantitative estimate of drug-likeness (QED) is 0.844. The lowest BCUT2D eigenvalue weighted by Gasteiger charge is -2.36. The number of piperidine rings is 1. The van der Waals surface area contributed by atoms with Crippen LogP contribution in [0.4, 0.5) is 5.69 Å². The molecule has 94 valence electrons. The molecule has 2 heterocycles. The molecular weight excluding hydrogens is 228 g/mol. The smallest absolute Gasteiger partial charge is 0.242 e. The number of hydrogen-bond acceptors (Lipinski definition) is 4. The van der Waals surface area contributed by atoms with E-state index in [1.165, 1.54) is 0 Å². The van der Waals surface area contributed by atoms with Crippen LogP contribution in [0.2, 0.25) is 0 Å². The van der Waals surface area contributed by atoms with Crippen LogP contribution in [0.1, 0.15) is 25.0 Å². The minimum absolute atomic E-state index is 0.00226. The second kappa shape index (κ2) is 5.50. The van der Waals surface area contributed by atoms with Crippen molar-refractivity contribution >= 4 is 11.6 Å². The number of carbonyl (C=O) groups is 1. The van der Waals surface area contributed by atoms with Crippen molar-refractivity contribution in [2.24, 2.45) is 0 Å². The molecule has 1 saturated heterocycles. The first kappa shape index (κ1) is 12.4. The Hall–Kier alpha value is -2.09. The average Bonchev–Trinajstić information content (AvgIpc) is 2.46. The van der Waals surface area contributed by atoms with Crippen LogP contribution in [0, 0.1) is 11.3 Å². The van der Waals surface area contributed by atoms with Gasteiger partial charge in [-0.25, -0.2) is 4.98 Å². The Morgan fingerprint density at radius 3 is 3.17 bits per heavy atom. The number of aromatic nitrogens is 1. The number of carbonyl (C=O) groups excluding carboxylic acids is 1. The largest absolute Gasteiger partial charge is 0.357 e. The van der Waals surface area contributed by atoms with Crippen molar-refractivity contribution in [3.05, 3.63) is 24.0 Å². The molecule has 5 heteroatoms. The van der Waals surface area contributed by atoms with E-state index in [1.807, 2.05) is 11.0 Å². The van der Waals surface area contributed by atoms with Gasteiger partial charge in [0.05, 0.1) is 5.69 Å². The summed E-state index contributed by atoms with van der Waals surface area (Å²) < 4.78 is 0. The maximum Gasteiger partial charge on any atom is 0.242 e. The van der Waals surface area contributed by atoms with Gasteiger partial charge in [0.1, 0.15) is 12.1 Å². The minimum Gasteiger partial charge on any atom is -0.357 e. The van der Waals surface area contributed by atoms with Gasteiger partial charge in [-0.3, -0.25) is 4.79 Å². The zero-order valence-corrected chi connectivity index (χ0v) is 10.4. The molecule has 1 aliphatic rings. The third-order valence-electron chi connectivity index (χ3n) is 3.25. The Bertz CT molecular complexity index is 480. The molecule has 18 heavy (non-hydrogen) atoms. The fraction of sp³-hybridized carbons (Fsp3) is 0.462. The number of pyridine rings is 1. The van der Waals surface area contributed by atoms with Crippen LogP contribution >= 0.6 is 0 Å². The molecule has 1 aromatic heterocycles. The van der Waals surface area contributed by atoms with E-state index in [1.54, 1.807) is 19.3 Å². The van der Waals surface area contributed by atoms with Gasteiger partial charge in [0.25, 0.3) is 0 Å². The van der Waals surface area contributed by atoms with Crippen molar-refractivity contribution in [3.63, 3.8) is 0 Å². The third-order valence-corrected chi connectivity index (χ3v) is 3.25. The third kappa shape index (κ3) is 2.28. The van der Waals surface area contributed by atoms with Crippen molar-refractivity contribution in [3.8, 4) is 6.07 Å². The first-order chi connectivity index (χ1) is 8.77. The number of nitrogens with zero attached hydrogens (tertiary/aromatic N) is 3. The monoisotopic (exact) mass is 244 g/mol. The summed E-state index contributed by atoms with van der Waals surface area (Å²) in [6.45, 7) is 0.790. The van der Waals surface area contributed by atoms with Gasteiger partial charge in [-0.15, -0.1) is 0 Å². The van der Waals surface area contributed by atoms with Crippen LogP contribution in [0.15, 0.2) is 18.3 Å². The van der Waals surface area contributed by atoms with E-state index in [2.05, 4.69) is 16.4 Å². The average molecular weight is 244 g/mol. The SMILES string of the molecule is CNC(=O)C1CCCCN1c1cccnc1C#N. The van der Waals surface area contributed by atoms with E-state index < -0.39 is 0 Å². The summed E-state index contributed by atoms with van der Waals surface area (Å²) in [5.74, 6) is 0.00226. The Morgan fingerprint density at radius 2 is 2.44 bits per heavy atom. The Labute approximate surface area is 106 Å². The highest BCUT2D eigenvalue weighted by atomic mass is 16.2. The van der Waals surface area contributed by atoms with Crippen LogP contribution in [-0.4, -0.2) is 30.5 Å². The summed E-state index contributed by atoms with van der Waals surface area (Å²) in [5, 5.41) is 11.8. The topological polar surface area (TPSA) is 69.0 Å². The van der Waals surface area contributed by atoms with Gasteiger partial charge in [0, 0.05) is 19.8 Å². The van der Waals surface area contributed by atoms with Gasteiger partial charge in [0.2, 0.25) is 5.91 Å². The predicted molar refractivity (Wildman–Crippen MR) is 68.0 cm³/mol. The molecule has 0 aliphatic carbocycles. The molecule has 1 unspecified atom stereocenters. The maximum absolute atomic E-state index is 11.9. The van der Waals surface area contributed by atoms with Crippen molar-refractivity contribution < 1.29 is 4.79 Å². The second-order valence-corrected chi connectivity index (χ2v) is 4.30. The van der Waals surface area contributed by atoms with Crippen LogP contribution in [0.3, 0.4) is 0 Å². The van der Waals surface area contributed by atoms with Crippen LogP contribution in [0.25, 0.3) is 0 Å². The molecule has 1 amide bonds. The Morgan fingerprint density at radius 1 is 1.61 bits per heavy atom. The summed E-state index contributed by atoms with van der Waals surface area (Å²) in [5.41, 5.74) is 1.14. The molecule has 1 fully saturated rings. The standard InChI is InChI=1S/C13H16N4O/c1-15-13(18)12-5-2-3-8-17(12)11-6-4-7-16-10(11)9-14/h4,6-7,12H,2-3,5,8H2,1H3,(H,15,18).